The van der Waals surface area contributed by atoms with Crippen molar-refractivity contribution in [2.75, 3.05) is 0 Å². The molecular weight excluding hydrogens is 265 g/mol. The number of nitrogens with two attached hydrogens (primary N) is 1. The van der Waals surface area contributed by atoms with E-state index in [0.717, 1.165) is 27.6 Å². The summed E-state index contributed by atoms with van der Waals surface area (Å²) in [5.41, 5.74) is 6.39. The first-order chi connectivity index (χ1) is 10.2. The Morgan fingerprint density at radius 2 is 1.95 bits per heavy atom. The molecule has 4 heteroatoms. The standard InChI is InChI=1S/C17H16FN3/c1-11-6-7-14(18)9-15(11)17(21-19)13-8-12-4-2-3-5-16(12)20-10-13/h2-10,17,21H,19H2,1H3. The average Bonchev–Trinajstić information content (AvgIpc) is 2.51. The Kier molecular flexibility index (Phi) is 3.64. The molecule has 0 radical (unpaired) electrons. The summed E-state index contributed by atoms with van der Waals surface area (Å²) < 4.78 is 13.5. The van der Waals surface area contributed by atoms with E-state index in [1.807, 2.05) is 37.3 Å². The van der Waals surface area contributed by atoms with Crippen LogP contribution in [0.5, 0.6) is 0 Å². The third-order valence-corrected chi connectivity index (χ3v) is 3.66. The van der Waals surface area contributed by atoms with Gasteiger partial charge in [0.2, 0.25) is 0 Å². The third-order valence-electron chi connectivity index (χ3n) is 3.66. The second-order valence-corrected chi connectivity index (χ2v) is 5.06. The molecule has 0 bridgehead atoms. The van der Waals surface area contributed by atoms with Crippen molar-refractivity contribution in [3.8, 4) is 0 Å². The number of hydrogen-bond acceptors (Lipinski definition) is 3. The molecule has 106 valence electrons. The van der Waals surface area contributed by atoms with Gasteiger partial charge in [-0.1, -0.05) is 24.3 Å². The van der Waals surface area contributed by atoms with Crippen LogP contribution in [0.4, 0.5) is 4.39 Å². The minimum absolute atomic E-state index is 0.274. The van der Waals surface area contributed by atoms with E-state index in [4.69, 9.17) is 5.84 Å². The van der Waals surface area contributed by atoms with Gasteiger partial charge in [-0.15, -0.1) is 0 Å². The number of aromatic nitrogens is 1. The van der Waals surface area contributed by atoms with Gasteiger partial charge in [-0.3, -0.25) is 10.8 Å². The maximum absolute atomic E-state index is 13.5. The first-order valence-electron chi connectivity index (χ1n) is 6.76. The predicted octanol–water partition coefficient (Wildman–Crippen LogP) is 3.24. The molecule has 3 N–H and O–H groups in total. The molecule has 1 heterocycles. The van der Waals surface area contributed by atoms with E-state index in [-0.39, 0.29) is 11.9 Å². The van der Waals surface area contributed by atoms with Gasteiger partial charge < -0.3 is 0 Å². The molecule has 1 aromatic heterocycles. The first-order valence-corrected chi connectivity index (χ1v) is 6.76. The van der Waals surface area contributed by atoms with Crippen molar-refractivity contribution in [1.82, 2.24) is 10.4 Å². The monoisotopic (exact) mass is 281 g/mol. The SMILES string of the molecule is Cc1ccc(F)cc1C(NN)c1cnc2ccccc2c1. The molecule has 0 aliphatic rings. The van der Waals surface area contributed by atoms with Crippen molar-refractivity contribution in [3.63, 3.8) is 0 Å². The van der Waals surface area contributed by atoms with Crippen LogP contribution in [-0.4, -0.2) is 4.98 Å². The zero-order chi connectivity index (χ0) is 14.8. The summed E-state index contributed by atoms with van der Waals surface area (Å²) in [7, 11) is 0. The number of nitrogens with one attached hydrogen (secondary N) is 1. The van der Waals surface area contributed by atoms with Crippen molar-refractivity contribution in [1.29, 1.82) is 0 Å². The Morgan fingerprint density at radius 1 is 1.14 bits per heavy atom. The van der Waals surface area contributed by atoms with Crippen LogP contribution >= 0.6 is 0 Å². The summed E-state index contributed by atoms with van der Waals surface area (Å²) in [6.07, 6.45) is 1.78. The summed E-state index contributed by atoms with van der Waals surface area (Å²) in [4.78, 5) is 4.44. The highest BCUT2D eigenvalue weighted by Crippen LogP contribution is 2.26. The maximum atomic E-state index is 13.5. The van der Waals surface area contributed by atoms with Crippen molar-refractivity contribution in [2.24, 2.45) is 5.84 Å². The van der Waals surface area contributed by atoms with Gasteiger partial charge in [0.05, 0.1) is 11.6 Å². The molecule has 0 spiro atoms. The van der Waals surface area contributed by atoms with Crippen LogP contribution in [0.25, 0.3) is 10.9 Å². The maximum Gasteiger partial charge on any atom is 0.123 e. The molecule has 3 rings (SSSR count). The quantitative estimate of drug-likeness (QED) is 0.572. The van der Waals surface area contributed by atoms with E-state index in [9.17, 15) is 4.39 Å². The van der Waals surface area contributed by atoms with E-state index in [2.05, 4.69) is 10.4 Å². The highest BCUT2D eigenvalue weighted by molar-refractivity contribution is 5.79. The summed E-state index contributed by atoms with van der Waals surface area (Å²) >= 11 is 0. The molecule has 3 aromatic rings. The molecule has 21 heavy (non-hydrogen) atoms. The molecule has 0 amide bonds. The molecule has 3 nitrogen and oxygen atoms in total. The van der Waals surface area contributed by atoms with Gasteiger partial charge in [0.25, 0.3) is 0 Å². The van der Waals surface area contributed by atoms with Gasteiger partial charge in [0.15, 0.2) is 0 Å². The van der Waals surface area contributed by atoms with Crippen LogP contribution in [0.1, 0.15) is 22.7 Å². The predicted molar refractivity (Wildman–Crippen MR) is 82.0 cm³/mol. The Morgan fingerprint density at radius 3 is 2.76 bits per heavy atom. The van der Waals surface area contributed by atoms with Gasteiger partial charge in [-0.2, -0.15) is 0 Å². The lowest BCUT2D eigenvalue weighted by Crippen LogP contribution is -2.29. The van der Waals surface area contributed by atoms with Crippen molar-refractivity contribution < 1.29 is 4.39 Å². The third kappa shape index (κ3) is 2.63. The molecule has 0 aliphatic carbocycles. The lowest BCUT2D eigenvalue weighted by Gasteiger charge is -2.19. The smallest absolute Gasteiger partial charge is 0.123 e. The van der Waals surface area contributed by atoms with E-state index >= 15 is 0 Å². The number of rotatable bonds is 3. The first kappa shape index (κ1) is 13.7. The Hall–Kier alpha value is -2.30. The van der Waals surface area contributed by atoms with Crippen molar-refractivity contribution in [3.05, 3.63) is 77.2 Å². The summed E-state index contributed by atoms with van der Waals surface area (Å²) in [6, 6.07) is 14.3. The summed E-state index contributed by atoms with van der Waals surface area (Å²) in [5.74, 6) is 5.43. The number of para-hydroxylation sites is 1. The molecule has 0 aliphatic heterocycles. The van der Waals surface area contributed by atoms with Gasteiger partial charge in [0.1, 0.15) is 5.82 Å². The second-order valence-electron chi connectivity index (χ2n) is 5.06. The van der Waals surface area contributed by atoms with Gasteiger partial charge >= 0.3 is 0 Å². The number of benzene rings is 2. The molecule has 0 fully saturated rings. The largest absolute Gasteiger partial charge is 0.271 e. The number of fused-ring (bicyclic) bond motifs is 1. The minimum Gasteiger partial charge on any atom is -0.271 e. The molecule has 1 atom stereocenters. The number of hydrazine groups is 1. The van der Waals surface area contributed by atoms with E-state index in [1.165, 1.54) is 12.1 Å². The summed E-state index contributed by atoms with van der Waals surface area (Å²) in [5, 5.41) is 1.03. The molecule has 1 unspecified atom stereocenters. The highest BCUT2D eigenvalue weighted by atomic mass is 19.1. The zero-order valence-corrected chi connectivity index (χ0v) is 11.7. The van der Waals surface area contributed by atoms with Crippen LogP contribution in [-0.2, 0) is 0 Å². The molecular formula is C17H16FN3. The lowest BCUT2D eigenvalue weighted by molar-refractivity contribution is 0.602. The van der Waals surface area contributed by atoms with Crippen LogP contribution < -0.4 is 11.3 Å². The van der Waals surface area contributed by atoms with E-state index < -0.39 is 0 Å². The van der Waals surface area contributed by atoms with E-state index in [0.29, 0.717) is 0 Å². The average molecular weight is 281 g/mol. The topological polar surface area (TPSA) is 50.9 Å². The van der Waals surface area contributed by atoms with Crippen molar-refractivity contribution in [2.45, 2.75) is 13.0 Å². The van der Waals surface area contributed by atoms with Crippen LogP contribution in [0.2, 0.25) is 0 Å². The van der Waals surface area contributed by atoms with Gasteiger partial charge in [-0.05, 0) is 47.9 Å². The number of aryl methyl sites for hydroxylation is 1. The number of halogens is 1. The zero-order valence-electron chi connectivity index (χ0n) is 11.7. The highest BCUT2D eigenvalue weighted by Gasteiger charge is 2.16. The molecule has 0 saturated carbocycles. The number of hydrogen-bond donors (Lipinski definition) is 2. The fourth-order valence-corrected chi connectivity index (χ4v) is 2.53. The Labute approximate surface area is 122 Å². The Bertz CT molecular complexity index is 786. The van der Waals surface area contributed by atoms with Crippen LogP contribution in [0.15, 0.2) is 54.7 Å². The van der Waals surface area contributed by atoms with Crippen LogP contribution in [0, 0.1) is 12.7 Å². The Balaban J connectivity index is 2.11. The lowest BCUT2D eigenvalue weighted by atomic mass is 9.95. The number of pyridine rings is 1. The number of nitrogens with zero attached hydrogens (tertiary/aromatic N) is 1. The minimum atomic E-state index is -0.294. The van der Waals surface area contributed by atoms with Crippen molar-refractivity contribution >= 4 is 10.9 Å². The van der Waals surface area contributed by atoms with Gasteiger partial charge in [0, 0.05) is 11.6 Å². The normalized spacial score (nSPS) is 12.5. The van der Waals surface area contributed by atoms with E-state index in [1.54, 1.807) is 12.3 Å². The second kappa shape index (κ2) is 5.60. The fraction of sp³-hybridized carbons (Fsp3) is 0.118. The molecule has 0 saturated heterocycles. The van der Waals surface area contributed by atoms with Gasteiger partial charge in [-0.25, -0.2) is 9.82 Å². The molecule has 2 aromatic carbocycles. The fourth-order valence-electron chi connectivity index (χ4n) is 2.53. The van der Waals surface area contributed by atoms with Crippen LogP contribution in [0.3, 0.4) is 0 Å². The summed E-state index contributed by atoms with van der Waals surface area (Å²) in [6.45, 7) is 1.94.